The number of aryl methyl sites for hydroxylation is 1. The first-order valence-electron chi connectivity index (χ1n) is 8.02. The smallest absolute Gasteiger partial charge is 0.290 e. The highest BCUT2D eigenvalue weighted by atomic mass is 35.5. The number of rotatable bonds is 4. The van der Waals surface area contributed by atoms with Gasteiger partial charge in [0.1, 0.15) is 11.3 Å². The average molecular weight is 358 g/mol. The number of hydrogen-bond acceptors (Lipinski definition) is 3. The Kier molecular flexibility index (Phi) is 4.73. The quantitative estimate of drug-likeness (QED) is 0.641. The first kappa shape index (κ1) is 17.4. The molecule has 3 rings (SSSR count). The number of benzene rings is 2. The molecule has 1 atom stereocenters. The predicted molar refractivity (Wildman–Crippen MR) is 99.5 cm³/mol. The molecule has 5 heteroatoms. The van der Waals surface area contributed by atoms with Gasteiger partial charge in [-0.25, -0.2) is 0 Å². The zero-order valence-corrected chi connectivity index (χ0v) is 15.4. The van der Waals surface area contributed by atoms with E-state index in [0.29, 0.717) is 16.4 Å². The first-order valence-corrected chi connectivity index (χ1v) is 8.40. The molecule has 2 aromatic carbocycles. The van der Waals surface area contributed by atoms with Crippen LogP contribution in [0, 0.1) is 6.92 Å². The number of furan rings is 1. The van der Waals surface area contributed by atoms with E-state index in [-0.39, 0.29) is 11.9 Å². The number of fused-ring (bicyclic) bond motifs is 1. The van der Waals surface area contributed by atoms with Crippen molar-refractivity contribution in [2.45, 2.75) is 19.9 Å². The number of amides is 1. The molecular weight excluding hydrogens is 338 g/mol. The Morgan fingerprint density at radius 1 is 1.24 bits per heavy atom. The van der Waals surface area contributed by atoms with Crippen molar-refractivity contribution in [2.75, 3.05) is 14.2 Å². The normalized spacial score (nSPS) is 12.2. The van der Waals surface area contributed by atoms with Crippen LogP contribution in [0.15, 0.2) is 46.9 Å². The maximum Gasteiger partial charge on any atom is 0.290 e. The van der Waals surface area contributed by atoms with Crippen molar-refractivity contribution in [3.63, 3.8) is 0 Å². The maximum atomic E-state index is 13.0. The molecule has 1 aromatic heterocycles. The van der Waals surface area contributed by atoms with Crippen molar-refractivity contribution >= 4 is 28.5 Å². The van der Waals surface area contributed by atoms with Gasteiger partial charge in [-0.15, -0.1) is 0 Å². The zero-order valence-electron chi connectivity index (χ0n) is 14.7. The molecule has 0 N–H and O–H groups in total. The van der Waals surface area contributed by atoms with Crippen LogP contribution >= 0.6 is 11.6 Å². The number of halogens is 1. The van der Waals surface area contributed by atoms with Gasteiger partial charge in [0.05, 0.1) is 13.2 Å². The number of para-hydroxylation sites is 1. The molecular formula is C20H20ClNO3. The average Bonchev–Trinajstić information content (AvgIpc) is 2.96. The van der Waals surface area contributed by atoms with Crippen LogP contribution in [-0.2, 0) is 0 Å². The summed E-state index contributed by atoms with van der Waals surface area (Å²) in [5, 5.41) is 1.47. The van der Waals surface area contributed by atoms with Gasteiger partial charge in [0.25, 0.3) is 5.91 Å². The summed E-state index contributed by atoms with van der Waals surface area (Å²) in [7, 11) is 3.39. The van der Waals surface area contributed by atoms with Crippen molar-refractivity contribution < 1.29 is 13.9 Å². The summed E-state index contributed by atoms with van der Waals surface area (Å²) in [5.41, 5.74) is 2.39. The third-order valence-corrected chi connectivity index (χ3v) is 4.82. The third-order valence-electron chi connectivity index (χ3n) is 4.58. The lowest BCUT2D eigenvalue weighted by atomic mass is 10.1. The van der Waals surface area contributed by atoms with E-state index in [1.165, 1.54) is 0 Å². The molecule has 4 nitrogen and oxygen atoms in total. The minimum Gasteiger partial charge on any atom is -0.496 e. The second kappa shape index (κ2) is 6.81. The van der Waals surface area contributed by atoms with E-state index in [1.54, 1.807) is 31.2 Å². The third kappa shape index (κ3) is 3.10. The minimum atomic E-state index is -0.178. The summed E-state index contributed by atoms with van der Waals surface area (Å²) in [6.07, 6.45) is 0. The SMILES string of the molecule is COc1ccccc1C(C)N(C)C(=O)c1oc2ccc(Cl)cc2c1C. The molecule has 0 bridgehead atoms. The van der Waals surface area contributed by atoms with E-state index >= 15 is 0 Å². The lowest BCUT2D eigenvalue weighted by Gasteiger charge is -2.26. The first-order chi connectivity index (χ1) is 11.9. The standard InChI is InChI=1S/C20H20ClNO3/c1-12-16-11-14(21)9-10-18(16)25-19(12)20(23)22(3)13(2)15-7-5-6-8-17(15)24-4/h5-11,13H,1-4H3. The molecule has 0 aliphatic carbocycles. The summed E-state index contributed by atoms with van der Waals surface area (Å²) in [6.45, 7) is 3.83. The van der Waals surface area contributed by atoms with Gasteiger partial charge in [-0.05, 0) is 38.1 Å². The van der Waals surface area contributed by atoms with Gasteiger partial charge < -0.3 is 14.1 Å². The molecule has 1 amide bonds. The Balaban J connectivity index is 1.96. The van der Waals surface area contributed by atoms with Crippen LogP contribution in [0.4, 0.5) is 0 Å². The second-order valence-corrected chi connectivity index (χ2v) is 6.47. The van der Waals surface area contributed by atoms with Crippen LogP contribution in [-0.4, -0.2) is 25.0 Å². The number of carbonyl (C=O) groups excluding carboxylic acids is 1. The van der Waals surface area contributed by atoms with Crippen molar-refractivity contribution in [3.8, 4) is 5.75 Å². The lowest BCUT2D eigenvalue weighted by Crippen LogP contribution is -2.30. The van der Waals surface area contributed by atoms with Crippen LogP contribution in [0.25, 0.3) is 11.0 Å². The molecule has 0 saturated carbocycles. The Labute approximate surface area is 151 Å². The number of methoxy groups -OCH3 is 1. The Hall–Kier alpha value is -2.46. The van der Waals surface area contributed by atoms with Crippen molar-refractivity contribution in [1.82, 2.24) is 4.90 Å². The van der Waals surface area contributed by atoms with Crippen LogP contribution in [0.2, 0.25) is 5.02 Å². The molecule has 25 heavy (non-hydrogen) atoms. The fourth-order valence-corrected chi connectivity index (χ4v) is 3.13. The Morgan fingerprint density at radius 2 is 1.96 bits per heavy atom. The van der Waals surface area contributed by atoms with Gasteiger partial charge in [-0.1, -0.05) is 29.8 Å². The molecule has 0 aliphatic heterocycles. The number of hydrogen-bond donors (Lipinski definition) is 0. The summed E-state index contributed by atoms with van der Waals surface area (Å²) in [5.74, 6) is 0.910. The van der Waals surface area contributed by atoms with Gasteiger partial charge >= 0.3 is 0 Å². The largest absolute Gasteiger partial charge is 0.496 e. The van der Waals surface area contributed by atoms with E-state index in [1.807, 2.05) is 44.2 Å². The fourth-order valence-electron chi connectivity index (χ4n) is 2.95. The second-order valence-electron chi connectivity index (χ2n) is 6.03. The number of carbonyl (C=O) groups is 1. The van der Waals surface area contributed by atoms with E-state index in [9.17, 15) is 4.79 Å². The highest BCUT2D eigenvalue weighted by Crippen LogP contribution is 2.32. The number of ether oxygens (including phenoxy) is 1. The van der Waals surface area contributed by atoms with Crippen LogP contribution in [0.3, 0.4) is 0 Å². The number of nitrogens with zero attached hydrogens (tertiary/aromatic N) is 1. The molecule has 3 aromatic rings. The van der Waals surface area contributed by atoms with Crippen LogP contribution in [0.1, 0.15) is 34.6 Å². The molecule has 1 heterocycles. The Morgan fingerprint density at radius 3 is 2.68 bits per heavy atom. The molecule has 0 radical (unpaired) electrons. The molecule has 130 valence electrons. The van der Waals surface area contributed by atoms with Gasteiger partial charge in [0, 0.05) is 28.6 Å². The summed E-state index contributed by atoms with van der Waals surface area (Å²) >= 11 is 6.05. The van der Waals surface area contributed by atoms with Crippen LogP contribution < -0.4 is 4.74 Å². The monoisotopic (exact) mass is 357 g/mol. The predicted octanol–water partition coefficient (Wildman–Crippen LogP) is 5.24. The van der Waals surface area contributed by atoms with E-state index in [0.717, 1.165) is 22.3 Å². The fraction of sp³-hybridized carbons (Fsp3) is 0.250. The maximum absolute atomic E-state index is 13.0. The van der Waals surface area contributed by atoms with Crippen molar-refractivity contribution in [1.29, 1.82) is 0 Å². The molecule has 1 unspecified atom stereocenters. The van der Waals surface area contributed by atoms with Gasteiger partial charge in [0.2, 0.25) is 0 Å². The molecule has 0 saturated heterocycles. The highest BCUT2D eigenvalue weighted by Gasteiger charge is 2.26. The van der Waals surface area contributed by atoms with E-state index in [4.69, 9.17) is 20.8 Å². The van der Waals surface area contributed by atoms with Gasteiger partial charge in [0.15, 0.2) is 5.76 Å². The summed E-state index contributed by atoms with van der Waals surface area (Å²) in [6, 6.07) is 12.9. The van der Waals surface area contributed by atoms with Crippen LogP contribution in [0.5, 0.6) is 5.75 Å². The minimum absolute atomic E-state index is 0.167. The summed E-state index contributed by atoms with van der Waals surface area (Å²) < 4.78 is 11.2. The zero-order chi connectivity index (χ0) is 18.1. The summed E-state index contributed by atoms with van der Waals surface area (Å²) in [4.78, 5) is 14.6. The van der Waals surface area contributed by atoms with Gasteiger partial charge in [-0.2, -0.15) is 0 Å². The topological polar surface area (TPSA) is 42.7 Å². The highest BCUT2D eigenvalue weighted by molar-refractivity contribution is 6.31. The van der Waals surface area contributed by atoms with Crippen molar-refractivity contribution in [3.05, 3.63) is 64.4 Å². The molecule has 0 aliphatic rings. The lowest BCUT2D eigenvalue weighted by molar-refractivity contribution is 0.0710. The van der Waals surface area contributed by atoms with Crippen molar-refractivity contribution in [2.24, 2.45) is 0 Å². The van der Waals surface area contributed by atoms with E-state index < -0.39 is 0 Å². The van der Waals surface area contributed by atoms with E-state index in [2.05, 4.69) is 0 Å². The Bertz CT molecular complexity index is 932. The molecule has 0 fully saturated rings. The molecule has 0 spiro atoms. The van der Waals surface area contributed by atoms with Gasteiger partial charge in [-0.3, -0.25) is 4.79 Å².